The minimum atomic E-state index is -1.75. The summed E-state index contributed by atoms with van der Waals surface area (Å²) in [6.07, 6.45) is 5.75. The molecule has 0 spiro atoms. The van der Waals surface area contributed by atoms with E-state index in [-0.39, 0.29) is 93.9 Å². The number of rotatable bonds is 31. The Balaban J connectivity index is 0.00000357. The molecule has 0 radical (unpaired) electrons. The lowest BCUT2D eigenvalue weighted by atomic mass is 9.98. The van der Waals surface area contributed by atoms with Crippen LogP contribution in [0.3, 0.4) is 0 Å². The molecule has 2 aliphatic rings. The summed E-state index contributed by atoms with van der Waals surface area (Å²) < 4.78 is 0. The molecule has 10 amide bonds. The minimum Gasteiger partial charge on any atom is -0.508 e. The number of aromatic hydroxyl groups is 1. The van der Waals surface area contributed by atoms with E-state index >= 15 is 0 Å². The fourth-order valence-electron chi connectivity index (χ4n) is 10.3. The summed E-state index contributed by atoms with van der Waals surface area (Å²) in [7, 11) is 0. The van der Waals surface area contributed by atoms with Crippen molar-refractivity contribution in [2.24, 2.45) is 28.3 Å². The highest BCUT2D eigenvalue weighted by atomic mass is 16.4. The number of carbonyl (C=O) groups is 11. The van der Waals surface area contributed by atoms with Gasteiger partial charge in [-0.15, -0.1) is 0 Å². The number of imidazole rings is 1. The first-order chi connectivity index (χ1) is 42.8. The van der Waals surface area contributed by atoms with Crippen molar-refractivity contribution in [3.63, 3.8) is 0 Å². The summed E-state index contributed by atoms with van der Waals surface area (Å²) in [6.45, 7) is 9.57. The summed E-state index contributed by atoms with van der Waals surface area (Å²) in [6, 6.07) is 1.52. The standard InChI is InChI=1S/C58H82N16O12.C2H4O2/c1-6-62-55(84)46-14-10-22-74(46)57(86)40(13-9-21-63-58(59)60)67-50(79)41(23-31(2)3)71-56(85)48(32(4)5)73-53(82)42(24-33-15-17-36(76)18-16-33)68-54(83)45(29-75)72-51(80)43(25-34-27-64-38-12-8-7-11-37(34)38)69-52(81)44(26-35-28-61-30-65-35)70-49(78)39-19-20-47(77)66-39;1-2(3)4/h7-8,11-12,15-18,27-28,30-32,39-46,48,64,75-76H,6,9-10,13-14,19-26,29H2,1-5H3,(H,61,65)(H,62,84)(H,66,77)(H,67,79)(H,68,83)(H,69,81)(H,70,78)(H,71,85)(H,72,80)(H,73,82)(H4,59,60,63);1H3,(H,3,4)/t39-,40+,41+,42+,43+,44-,45-,46+,48-;/m1./s1. The number of hydrogen-bond acceptors (Lipinski definition) is 15. The Bertz CT molecular complexity index is 3140. The highest BCUT2D eigenvalue weighted by Crippen LogP contribution is 2.22. The van der Waals surface area contributed by atoms with Crippen molar-refractivity contribution in [2.45, 2.75) is 160 Å². The van der Waals surface area contributed by atoms with Crippen LogP contribution in [0.4, 0.5) is 0 Å². The van der Waals surface area contributed by atoms with Crippen LogP contribution in [0.15, 0.2) is 72.2 Å². The number of carboxylic acid groups (broad SMARTS) is 1. The second kappa shape index (κ2) is 34.8. The first-order valence-electron chi connectivity index (χ1n) is 29.9. The van der Waals surface area contributed by atoms with Gasteiger partial charge in [0.25, 0.3) is 5.97 Å². The minimum absolute atomic E-state index is 0.0861. The molecule has 2 aromatic heterocycles. The number of aliphatic carboxylic acids is 1. The fourth-order valence-corrected chi connectivity index (χ4v) is 10.3. The Morgan fingerprint density at radius 2 is 1.33 bits per heavy atom. The molecule has 9 atom stereocenters. The number of aliphatic imine (C=N–C) groups is 1. The molecule has 30 nitrogen and oxygen atoms in total. The van der Waals surface area contributed by atoms with Crippen LogP contribution in [-0.2, 0) is 72.0 Å². The topological polar surface area (TPSA) is 469 Å². The molecule has 0 bridgehead atoms. The number of phenolic OH excluding ortho intramolecular Hbond substituents is 1. The van der Waals surface area contributed by atoms with Crippen molar-refractivity contribution in [3.05, 3.63) is 84.1 Å². The highest BCUT2D eigenvalue weighted by molar-refractivity contribution is 5.99. The van der Waals surface area contributed by atoms with E-state index in [2.05, 4.69) is 67.8 Å². The Kier molecular flexibility index (Phi) is 27.5. The second-order valence-corrected chi connectivity index (χ2v) is 22.8. The SMILES string of the molecule is CC(=O)O.CCNC(=O)[C@@H]1CCCN1C(=O)[C@H](CCCN=C(N)N)NC(=O)[C@H](CC(C)C)NC(=O)[C@H](NC(=O)[C@H](Cc1ccc(O)cc1)NC(=O)[C@@H](CO)NC(=O)[C@H](Cc1c[nH]c2ccccc12)NC(=O)[C@@H](Cc1cnc[nH]1)NC(=O)[C@H]1CCC(=O)N1)C(C)C. The maximum atomic E-state index is 14.6. The molecular formula is C60H86N16O14. The quantitative estimate of drug-likeness (QED) is 0.0151. The molecule has 0 saturated carbocycles. The van der Waals surface area contributed by atoms with Gasteiger partial charge in [-0.1, -0.05) is 58.0 Å². The number of nitrogens with two attached hydrogens (primary N) is 2. The molecule has 18 N–H and O–H groups in total. The summed E-state index contributed by atoms with van der Waals surface area (Å²) in [5.41, 5.74) is 13.3. The van der Waals surface area contributed by atoms with E-state index in [1.165, 1.54) is 41.7 Å². The number of carbonyl (C=O) groups excluding carboxylic acids is 10. The lowest BCUT2D eigenvalue weighted by molar-refractivity contribution is -0.142. The molecule has 4 aromatic rings. The number of nitrogens with zero attached hydrogens (tertiary/aromatic N) is 3. The van der Waals surface area contributed by atoms with Crippen LogP contribution in [0.25, 0.3) is 10.9 Å². The zero-order valence-corrected chi connectivity index (χ0v) is 51.4. The average molecular weight is 1260 g/mol. The summed E-state index contributed by atoms with van der Waals surface area (Å²) in [5, 5.41) is 53.1. The smallest absolute Gasteiger partial charge is 0.300 e. The number of aliphatic hydroxyl groups is 1. The number of para-hydroxylation sites is 1. The van der Waals surface area contributed by atoms with Gasteiger partial charge in [-0.05, 0) is 86.6 Å². The zero-order valence-electron chi connectivity index (χ0n) is 51.4. The van der Waals surface area contributed by atoms with Gasteiger partial charge in [0.15, 0.2) is 5.96 Å². The van der Waals surface area contributed by atoms with Crippen LogP contribution in [0, 0.1) is 11.8 Å². The lowest BCUT2D eigenvalue weighted by Gasteiger charge is -2.31. The average Bonchev–Trinajstić information content (AvgIpc) is 1.90. The fraction of sp³-hybridized carbons (Fsp3) is 0.517. The highest BCUT2D eigenvalue weighted by Gasteiger charge is 2.40. The summed E-state index contributed by atoms with van der Waals surface area (Å²) in [4.78, 5) is 164. The maximum Gasteiger partial charge on any atom is 0.300 e. The predicted molar refractivity (Wildman–Crippen MR) is 329 cm³/mol. The van der Waals surface area contributed by atoms with E-state index in [0.29, 0.717) is 41.6 Å². The Morgan fingerprint density at radius 1 is 0.733 bits per heavy atom. The number of likely N-dealkylation sites (N-methyl/N-ethyl adjacent to an activating group) is 1. The van der Waals surface area contributed by atoms with Gasteiger partial charge in [0.05, 0.1) is 12.9 Å². The molecule has 0 unspecified atom stereocenters. The van der Waals surface area contributed by atoms with Gasteiger partial charge in [0, 0.05) is 81.2 Å². The number of likely N-dealkylation sites (tertiary alicyclic amines) is 1. The van der Waals surface area contributed by atoms with Crippen LogP contribution >= 0.6 is 0 Å². The van der Waals surface area contributed by atoms with E-state index in [1.54, 1.807) is 45.2 Å². The van der Waals surface area contributed by atoms with Crippen LogP contribution < -0.4 is 59.3 Å². The lowest BCUT2D eigenvalue weighted by Crippen LogP contribution is -2.62. The second-order valence-electron chi connectivity index (χ2n) is 22.8. The number of benzene rings is 2. The van der Waals surface area contributed by atoms with Gasteiger partial charge < -0.3 is 89.5 Å². The van der Waals surface area contributed by atoms with Gasteiger partial charge in [-0.3, -0.25) is 57.7 Å². The molecule has 6 rings (SSSR count). The molecule has 90 heavy (non-hydrogen) atoms. The molecule has 4 heterocycles. The van der Waals surface area contributed by atoms with Crippen LogP contribution in [0.5, 0.6) is 5.75 Å². The van der Waals surface area contributed by atoms with Crippen molar-refractivity contribution in [1.82, 2.24) is 67.7 Å². The number of guanidine groups is 1. The number of aromatic nitrogens is 3. The van der Waals surface area contributed by atoms with Gasteiger partial charge >= 0.3 is 0 Å². The van der Waals surface area contributed by atoms with Gasteiger partial charge in [0.1, 0.15) is 60.1 Å². The van der Waals surface area contributed by atoms with Gasteiger partial charge in [-0.2, -0.15) is 0 Å². The predicted octanol–water partition coefficient (Wildman–Crippen LogP) is -1.74. The summed E-state index contributed by atoms with van der Waals surface area (Å²) >= 11 is 0. The van der Waals surface area contributed by atoms with Crippen molar-refractivity contribution in [1.29, 1.82) is 0 Å². The van der Waals surface area contributed by atoms with Crippen LogP contribution in [-0.4, -0.2) is 187 Å². The molecule has 30 heteroatoms. The number of hydrogen-bond donors (Lipinski definition) is 16. The third kappa shape index (κ3) is 21.9. The molecule has 2 saturated heterocycles. The number of nitrogens with one attached hydrogen (secondary N) is 11. The van der Waals surface area contributed by atoms with Crippen LogP contribution in [0.2, 0.25) is 0 Å². The Morgan fingerprint density at radius 3 is 1.93 bits per heavy atom. The van der Waals surface area contributed by atoms with Crippen molar-refractivity contribution < 1.29 is 68.1 Å². The van der Waals surface area contributed by atoms with Gasteiger partial charge in [-0.25, -0.2) is 4.98 Å². The number of carboxylic acids is 1. The first kappa shape index (κ1) is 71.1. The van der Waals surface area contributed by atoms with E-state index in [4.69, 9.17) is 21.4 Å². The third-order valence-electron chi connectivity index (χ3n) is 14.8. The number of amides is 10. The Labute approximate surface area is 520 Å². The first-order valence-corrected chi connectivity index (χ1v) is 29.9. The van der Waals surface area contributed by atoms with Crippen LogP contribution in [0.1, 0.15) is 103 Å². The molecule has 490 valence electrons. The van der Waals surface area contributed by atoms with Crippen molar-refractivity contribution in [2.75, 3.05) is 26.2 Å². The number of fused-ring (bicyclic) bond motifs is 1. The zero-order chi connectivity index (χ0) is 66.2. The molecule has 2 fully saturated rings. The number of aromatic amines is 2. The van der Waals surface area contributed by atoms with Crippen molar-refractivity contribution in [3.8, 4) is 5.75 Å². The normalized spacial score (nSPS) is 16.7. The third-order valence-corrected chi connectivity index (χ3v) is 14.8. The largest absolute Gasteiger partial charge is 0.508 e. The number of phenols is 1. The Hall–Kier alpha value is -9.61. The molecular weight excluding hydrogens is 1170 g/mol. The summed E-state index contributed by atoms with van der Waals surface area (Å²) in [5.74, 6) is -8.84. The van der Waals surface area contributed by atoms with E-state index in [1.807, 2.05) is 19.9 Å². The van der Waals surface area contributed by atoms with Crippen molar-refractivity contribution >= 4 is 81.9 Å². The van der Waals surface area contributed by atoms with E-state index < -0.39 is 120 Å². The molecule has 0 aliphatic carbocycles. The molecule has 2 aromatic carbocycles. The van der Waals surface area contributed by atoms with Gasteiger partial charge in [0.2, 0.25) is 59.1 Å². The maximum absolute atomic E-state index is 14.6. The monoisotopic (exact) mass is 1250 g/mol. The number of aliphatic hydroxyl groups excluding tert-OH is 1. The number of H-pyrrole nitrogens is 2. The molecule has 2 aliphatic heterocycles. The van der Waals surface area contributed by atoms with E-state index in [0.717, 1.165) is 12.4 Å². The van der Waals surface area contributed by atoms with E-state index in [9.17, 15) is 58.2 Å².